The summed E-state index contributed by atoms with van der Waals surface area (Å²) >= 11 is 0. The smallest absolute Gasteiger partial charge is 0.305 e. The lowest BCUT2D eigenvalue weighted by molar-refractivity contribution is -0.143. The molecule has 0 aromatic heterocycles. The number of unbranched alkanes of at least 4 members (excludes halogenated alkanes) is 54. The molecule has 0 heterocycles. The van der Waals surface area contributed by atoms with Crippen LogP contribution in [0.4, 0.5) is 0 Å². The number of esters is 1. The molecule has 2 unspecified atom stereocenters. The molecule has 2 atom stereocenters. The molecule has 0 fully saturated rings. The van der Waals surface area contributed by atoms with Crippen LogP contribution in [0, 0.1) is 0 Å². The highest BCUT2D eigenvalue weighted by atomic mass is 16.5. The van der Waals surface area contributed by atoms with Gasteiger partial charge in [-0.15, -0.1) is 0 Å². The zero-order valence-corrected chi connectivity index (χ0v) is 52.5. The van der Waals surface area contributed by atoms with E-state index in [0.717, 1.165) is 38.5 Å². The zero-order valence-electron chi connectivity index (χ0n) is 52.5. The SMILES string of the molecule is CCCCCCCCCCCCCCCCCCC(=O)OCCCCCCCCCCCCCCCC/C=C\CCCCCCCCCCCCCCCCCCCC(=O)NC(CO)C(O)CCCCCCCCCCC. The Balaban J connectivity index is 3.29. The highest BCUT2D eigenvalue weighted by Crippen LogP contribution is 2.19. The van der Waals surface area contributed by atoms with Crippen LogP contribution in [-0.2, 0) is 14.3 Å². The van der Waals surface area contributed by atoms with Gasteiger partial charge in [0.25, 0.3) is 0 Å². The average Bonchev–Trinajstić information content (AvgIpc) is 3.43. The van der Waals surface area contributed by atoms with Crippen molar-refractivity contribution < 1.29 is 24.5 Å². The van der Waals surface area contributed by atoms with E-state index in [1.807, 2.05) is 0 Å². The molecule has 0 aliphatic carbocycles. The average molecular weight is 1090 g/mol. The van der Waals surface area contributed by atoms with Gasteiger partial charge in [0, 0.05) is 12.8 Å². The molecule has 0 rings (SSSR count). The molecular formula is C71H139NO5. The molecule has 0 aliphatic heterocycles. The van der Waals surface area contributed by atoms with Gasteiger partial charge >= 0.3 is 5.97 Å². The van der Waals surface area contributed by atoms with Gasteiger partial charge in [0.05, 0.1) is 25.4 Å². The third-order valence-electron chi connectivity index (χ3n) is 16.8. The van der Waals surface area contributed by atoms with Crippen molar-refractivity contribution in [1.82, 2.24) is 5.32 Å². The Bertz CT molecular complexity index is 1160. The third-order valence-corrected chi connectivity index (χ3v) is 16.8. The second kappa shape index (κ2) is 67.1. The molecule has 6 nitrogen and oxygen atoms in total. The highest BCUT2D eigenvalue weighted by Gasteiger charge is 2.20. The first-order valence-corrected chi connectivity index (χ1v) is 35.4. The highest BCUT2D eigenvalue weighted by molar-refractivity contribution is 5.76. The topological polar surface area (TPSA) is 95.9 Å². The summed E-state index contributed by atoms with van der Waals surface area (Å²) in [5, 5.41) is 23.1. The summed E-state index contributed by atoms with van der Waals surface area (Å²) in [6.07, 6.45) is 82.9. The lowest BCUT2D eigenvalue weighted by atomic mass is 10.0. The second-order valence-corrected chi connectivity index (χ2v) is 24.6. The zero-order chi connectivity index (χ0) is 55.7. The number of rotatable bonds is 67. The van der Waals surface area contributed by atoms with Crippen LogP contribution >= 0.6 is 0 Å². The molecule has 6 heteroatoms. The van der Waals surface area contributed by atoms with E-state index >= 15 is 0 Å². The van der Waals surface area contributed by atoms with E-state index < -0.39 is 12.1 Å². The van der Waals surface area contributed by atoms with E-state index in [4.69, 9.17) is 4.74 Å². The van der Waals surface area contributed by atoms with Crippen LogP contribution in [0.3, 0.4) is 0 Å². The number of hydrogen-bond donors (Lipinski definition) is 3. The fourth-order valence-corrected chi connectivity index (χ4v) is 11.4. The number of hydrogen-bond acceptors (Lipinski definition) is 5. The molecule has 0 aromatic rings. The summed E-state index contributed by atoms with van der Waals surface area (Å²) in [7, 11) is 0. The van der Waals surface area contributed by atoms with E-state index in [2.05, 4.69) is 31.3 Å². The number of carbonyl (C=O) groups is 2. The number of allylic oxidation sites excluding steroid dienone is 2. The van der Waals surface area contributed by atoms with Gasteiger partial charge < -0.3 is 20.3 Å². The molecule has 1 amide bonds. The van der Waals surface area contributed by atoms with Gasteiger partial charge in [-0.05, 0) is 51.4 Å². The molecule has 0 saturated heterocycles. The van der Waals surface area contributed by atoms with Crippen LogP contribution in [0.1, 0.15) is 406 Å². The Morgan fingerprint density at radius 2 is 0.610 bits per heavy atom. The van der Waals surface area contributed by atoms with Crippen molar-refractivity contribution in [3.63, 3.8) is 0 Å². The Morgan fingerprint density at radius 1 is 0.351 bits per heavy atom. The van der Waals surface area contributed by atoms with Gasteiger partial charge in [-0.2, -0.15) is 0 Å². The van der Waals surface area contributed by atoms with Crippen molar-refractivity contribution in [1.29, 1.82) is 0 Å². The first-order chi connectivity index (χ1) is 38.0. The van der Waals surface area contributed by atoms with E-state index in [0.29, 0.717) is 25.9 Å². The maximum absolute atomic E-state index is 12.4. The van der Waals surface area contributed by atoms with E-state index in [1.165, 1.54) is 334 Å². The van der Waals surface area contributed by atoms with Crippen LogP contribution in [0.15, 0.2) is 12.2 Å². The fourth-order valence-electron chi connectivity index (χ4n) is 11.4. The molecule has 0 spiro atoms. The van der Waals surface area contributed by atoms with Gasteiger partial charge in [0.2, 0.25) is 5.91 Å². The Kier molecular flexibility index (Phi) is 65.9. The number of ether oxygens (including phenoxy) is 1. The fraction of sp³-hybridized carbons (Fsp3) is 0.944. The standard InChI is InChI=1S/C71H139NO5/c1-3-5-7-9-11-13-14-15-16-39-42-45-49-53-57-61-65-71(76)77-66-62-58-54-50-46-43-40-37-35-33-31-29-27-25-23-21-19-17-18-20-22-24-26-28-30-32-34-36-38-41-44-48-52-56-60-64-70(75)72-68(67-73)69(74)63-59-55-51-47-12-10-8-6-4-2/h19,21,68-69,73-74H,3-18,20,22-67H2,1-2H3,(H,72,75)/b21-19-. The minimum absolute atomic E-state index is 0.0244. The molecule has 0 aliphatic rings. The van der Waals surface area contributed by atoms with E-state index in [-0.39, 0.29) is 18.5 Å². The van der Waals surface area contributed by atoms with Crippen LogP contribution in [0.2, 0.25) is 0 Å². The quantitative estimate of drug-likeness (QED) is 0.0320. The van der Waals surface area contributed by atoms with Gasteiger partial charge in [0.15, 0.2) is 0 Å². The molecule has 0 saturated carbocycles. The minimum Gasteiger partial charge on any atom is -0.466 e. The van der Waals surface area contributed by atoms with E-state index in [9.17, 15) is 19.8 Å². The Hall–Kier alpha value is -1.40. The maximum atomic E-state index is 12.4. The Morgan fingerprint density at radius 3 is 0.922 bits per heavy atom. The lowest BCUT2D eigenvalue weighted by Crippen LogP contribution is -2.45. The van der Waals surface area contributed by atoms with Crippen molar-refractivity contribution in [2.75, 3.05) is 13.2 Å². The van der Waals surface area contributed by atoms with Crippen LogP contribution < -0.4 is 5.32 Å². The molecule has 0 bridgehead atoms. The van der Waals surface area contributed by atoms with Crippen molar-refractivity contribution >= 4 is 11.9 Å². The molecule has 0 aromatic carbocycles. The molecule has 77 heavy (non-hydrogen) atoms. The second-order valence-electron chi connectivity index (χ2n) is 24.6. The number of amides is 1. The number of aliphatic hydroxyl groups excluding tert-OH is 2. The van der Waals surface area contributed by atoms with Gasteiger partial charge in [-0.3, -0.25) is 9.59 Å². The molecule has 3 N–H and O–H groups in total. The first-order valence-electron chi connectivity index (χ1n) is 35.4. The van der Waals surface area contributed by atoms with Crippen LogP contribution in [0.25, 0.3) is 0 Å². The number of aliphatic hydroxyl groups is 2. The van der Waals surface area contributed by atoms with E-state index in [1.54, 1.807) is 0 Å². The van der Waals surface area contributed by atoms with Crippen molar-refractivity contribution in [3.05, 3.63) is 12.2 Å². The normalized spacial score (nSPS) is 12.5. The van der Waals surface area contributed by atoms with Gasteiger partial charge in [-0.25, -0.2) is 0 Å². The maximum Gasteiger partial charge on any atom is 0.305 e. The minimum atomic E-state index is -0.658. The number of carbonyl (C=O) groups excluding carboxylic acids is 2. The molecular weight excluding hydrogens is 947 g/mol. The summed E-state index contributed by atoms with van der Waals surface area (Å²) in [5.41, 5.74) is 0. The monoisotopic (exact) mass is 1090 g/mol. The molecule has 0 radical (unpaired) electrons. The van der Waals surface area contributed by atoms with Crippen molar-refractivity contribution in [3.8, 4) is 0 Å². The summed E-state index contributed by atoms with van der Waals surface area (Å²) in [4.78, 5) is 24.5. The predicted octanol–water partition coefficient (Wildman–Crippen LogP) is 22.8. The van der Waals surface area contributed by atoms with Crippen LogP contribution in [-0.4, -0.2) is 47.4 Å². The largest absolute Gasteiger partial charge is 0.466 e. The van der Waals surface area contributed by atoms with Gasteiger partial charge in [0.1, 0.15) is 0 Å². The summed E-state index contributed by atoms with van der Waals surface area (Å²) in [5.74, 6) is -0.00729. The lowest BCUT2D eigenvalue weighted by Gasteiger charge is -2.22. The Labute approximate surface area is 482 Å². The van der Waals surface area contributed by atoms with Gasteiger partial charge in [-0.1, -0.05) is 353 Å². The predicted molar refractivity (Wildman–Crippen MR) is 338 cm³/mol. The molecule has 458 valence electrons. The first kappa shape index (κ1) is 75.6. The van der Waals surface area contributed by atoms with Crippen LogP contribution in [0.5, 0.6) is 0 Å². The summed E-state index contributed by atoms with van der Waals surface area (Å²) in [6, 6.07) is -0.536. The summed E-state index contributed by atoms with van der Waals surface area (Å²) in [6.45, 7) is 4.97. The van der Waals surface area contributed by atoms with Crippen molar-refractivity contribution in [2.24, 2.45) is 0 Å². The summed E-state index contributed by atoms with van der Waals surface area (Å²) < 4.78 is 5.51. The number of nitrogens with one attached hydrogen (secondary N) is 1. The third kappa shape index (κ3) is 63.6. The van der Waals surface area contributed by atoms with Crippen molar-refractivity contribution in [2.45, 2.75) is 418 Å².